The summed E-state index contributed by atoms with van der Waals surface area (Å²) < 4.78 is 1.91. The molecule has 1 amide bonds. The number of pyridine rings is 1. The summed E-state index contributed by atoms with van der Waals surface area (Å²) in [6, 6.07) is 12.6. The van der Waals surface area contributed by atoms with Gasteiger partial charge < -0.3 is 10.2 Å². The third kappa shape index (κ3) is 3.70. The number of benzene rings is 1. The fraction of sp³-hybridized carbons (Fsp3) is 0.368. The van der Waals surface area contributed by atoms with Crippen LogP contribution in [-0.4, -0.2) is 20.0 Å². The number of amides is 1. The summed E-state index contributed by atoms with van der Waals surface area (Å²) in [5.74, 6) is 0.0642. The second-order valence-corrected chi connectivity index (χ2v) is 6.33. The van der Waals surface area contributed by atoms with Crippen LogP contribution in [0.3, 0.4) is 0 Å². The molecule has 1 heterocycles. The summed E-state index contributed by atoms with van der Waals surface area (Å²) >= 11 is 0. The first-order chi connectivity index (χ1) is 11.1. The van der Waals surface area contributed by atoms with E-state index in [1.54, 1.807) is 0 Å². The summed E-state index contributed by atoms with van der Waals surface area (Å²) in [7, 11) is 4.01. The van der Waals surface area contributed by atoms with Gasteiger partial charge in [0.2, 0.25) is 6.54 Å². The number of nitrogens with one attached hydrogen (secondary N) is 1. The summed E-state index contributed by atoms with van der Waals surface area (Å²) in [6.07, 6.45) is 7.16. The second kappa shape index (κ2) is 6.82. The molecule has 0 saturated carbocycles. The van der Waals surface area contributed by atoms with Crippen LogP contribution in [0, 0.1) is 0 Å². The van der Waals surface area contributed by atoms with Gasteiger partial charge in [0.25, 0.3) is 5.91 Å². The SMILES string of the molecule is CN(C)c1cc[n+](CC(=O)N[C@H]2CCCc3ccccc32)cc1. The Morgan fingerprint density at radius 1 is 1.22 bits per heavy atom. The maximum absolute atomic E-state index is 12.4. The quantitative estimate of drug-likeness (QED) is 0.879. The van der Waals surface area contributed by atoms with E-state index in [9.17, 15) is 4.79 Å². The van der Waals surface area contributed by atoms with Gasteiger partial charge in [0.05, 0.1) is 6.04 Å². The van der Waals surface area contributed by atoms with Crippen LogP contribution in [0.2, 0.25) is 0 Å². The van der Waals surface area contributed by atoms with Gasteiger partial charge in [-0.2, -0.15) is 4.57 Å². The van der Waals surface area contributed by atoms with Crippen LogP contribution in [-0.2, 0) is 17.8 Å². The molecule has 3 rings (SSSR count). The van der Waals surface area contributed by atoms with Crippen molar-refractivity contribution in [1.29, 1.82) is 0 Å². The molecule has 4 heteroatoms. The predicted octanol–water partition coefficient (Wildman–Crippen LogP) is 2.23. The first-order valence-electron chi connectivity index (χ1n) is 8.17. The molecule has 0 unspecified atom stereocenters. The Kier molecular flexibility index (Phi) is 4.60. The van der Waals surface area contributed by atoms with E-state index in [0.29, 0.717) is 6.54 Å². The summed E-state index contributed by atoms with van der Waals surface area (Å²) in [5, 5.41) is 3.19. The van der Waals surface area contributed by atoms with E-state index >= 15 is 0 Å². The topological polar surface area (TPSA) is 36.2 Å². The van der Waals surface area contributed by atoms with Crippen molar-refractivity contribution in [2.24, 2.45) is 0 Å². The Labute approximate surface area is 137 Å². The molecule has 1 aromatic carbocycles. The first-order valence-corrected chi connectivity index (χ1v) is 8.17. The molecule has 0 saturated heterocycles. The monoisotopic (exact) mass is 310 g/mol. The highest BCUT2D eigenvalue weighted by Gasteiger charge is 2.22. The Morgan fingerprint density at radius 2 is 1.96 bits per heavy atom. The van der Waals surface area contributed by atoms with E-state index in [2.05, 4.69) is 29.6 Å². The van der Waals surface area contributed by atoms with Gasteiger partial charge in [-0.1, -0.05) is 24.3 Å². The Bertz CT molecular complexity index is 679. The molecule has 0 aliphatic heterocycles. The van der Waals surface area contributed by atoms with Gasteiger partial charge in [0, 0.05) is 31.9 Å². The average Bonchev–Trinajstić information content (AvgIpc) is 2.55. The number of carbonyl (C=O) groups is 1. The Morgan fingerprint density at radius 3 is 2.70 bits per heavy atom. The van der Waals surface area contributed by atoms with Crippen molar-refractivity contribution in [3.8, 4) is 0 Å². The van der Waals surface area contributed by atoms with Crippen LogP contribution in [0.25, 0.3) is 0 Å². The zero-order valence-electron chi connectivity index (χ0n) is 13.8. The van der Waals surface area contributed by atoms with Crippen LogP contribution in [0.1, 0.15) is 30.0 Å². The van der Waals surface area contributed by atoms with E-state index in [1.165, 1.54) is 11.1 Å². The minimum absolute atomic E-state index is 0.0642. The highest BCUT2D eigenvalue weighted by Crippen LogP contribution is 2.29. The zero-order valence-corrected chi connectivity index (χ0v) is 13.8. The van der Waals surface area contributed by atoms with Crippen molar-refractivity contribution in [1.82, 2.24) is 5.32 Å². The van der Waals surface area contributed by atoms with Crippen molar-refractivity contribution in [2.45, 2.75) is 31.8 Å². The lowest BCUT2D eigenvalue weighted by Gasteiger charge is -2.25. The van der Waals surface area contributed by atoms with E-state index in [1.807, 2.05) is 48.1 Å². The molecule has 1 aliphatic carbocycles. The maximum Gasteiger partial charge on any atom is 0.286 e. The molecule has 0 spiro atoms. The molecular weight excluding hydrogens is 286 g/mol. The number of hydrogen-bond donors (Lipinski definition) is 1. The van der Waals surface area contributed by atoms with Crippen molar-refractivity contribution >= 4 is 11.6 Å². The number of rotatable bonds is 4. The minimum atomic E-state index is 0.0642. The van der Waals surface area contributed by atoms with Crippen molar-refractivity contribution in [2.75, 3.05) is 19.0 Å². The predicted molar refractivity (Wildman–Crippen MR) is 91.2 cm³/mol. The van der Waals surface area contributed by atoms with Crippen molar-refractivity contribution in [3.05, 3.63) is 59.9 Å². The van der Waals surface area contributed by atoms with Gasteiger partial charge in [-0.05, 0) is 30.4 Å². The van der Waals surface area contributed by atoms with Crippen LogP contribution >= 0.6 is 0 Å². The largest absolute Gasteiger partial charge is 0.377 e. The van der Waals surface area contributed by atoms with Crippen LogP contribution in [0.5, 0.6) is 0 Å². The molecular formula is C19H24N3O+. The molecule has 120 valence electrons. The number of fused-ring (bicyclic) bond motifs is 1. The molecule has 0 fully saturated rings. The highest BCUT2D eigenvalue weighted by atomic mass is 16.2. The maximum atomic E-state index is 12.4. The number of aryl methyl sites for hydroxylation is 1. The summed E-state index contributed by atoms with van der Waals surface area (Å²) in [5.41, 5.74) is 3.77. The van der Waals surface area contributed by atoms with Gasteiger partial charge in [-0.15, -0.1) is 0 Å². The molecule has 1 N–H and O–H groups in total. The van der Waals surface area contributed by atoms with Gasteiger partial charge in [0.1, 0.15) is 0 Å². The summed E-state index contributed by atoms with van der Waals surface area (Å²) in [6.45, 7) is 0.354. The number of nitrogens with zero attached hydrogens (tertiary/aromatic N) is 2. The molecule has 1 aliphatic rings. The standard InChI is InChI=1S/C19H23N3O/c1-21(2)16-10-12-22(13-11-16)14-19(23)20-18-9-5-7-15-6-3-4-8-17(15)18/h3-4,6,8,10-13,18H,5,7,9,14H2,1-2H3/p+1/t18-/m0/s1. The van der Waals surface area contributed by atoms with Crippen LogP contribution in [0.4, 0.5) is 5.69 Å². The first kappa shape index (κ1) is 15.5. The zero-order chi connectivity index (χ0) is 16.2. The van der Waals surface area contributed by atoms with E-state index < -0.39 is 0 Å². The number of anilines is 1. The third-order valence-corrected chi connectivity index (χ3v) is 4.42. The average molecular weight is 310 g/mol. The van der Waals surface area contributed by atoms with Gasteiger partial charge in [-0.3, -0.25) is 4.79 Å². The van der Waals surface area contributed by atoms with Gasteiger partial charge >= 0.3 is 0 Å². The van der Waals surface area contributed by atoms with E-state index in [4.69, 9.17) is 0 Å². The van der Waals surface area contributed by atoms with Crippen molar-refractivity contribution < 1.29 is 9.36 Å². The fourth-order valence-electron chi connectivity index (χ4n) is 3.16. The molecule has 1 aromatic heterocycles. The minimum Gasteiger partial charge on any atom is -0.377 e. The highest BCUT2D eigenvalue weighted by molar-refractivity contribution is 5.75. The van der Waals surface area contributed by atoms with E-state index in [-0.39, 0.29) is 11.9 Å². The van der Waals surface area contributed by atoms with Crippen LogP contribution in [0.15, 0.2) is 48.8 Å². The number of hydrogen-bond acceptors (Lipinski definition) is 2. The Balaban J connectivity index is 1.64. The lowest BCUT2D eigenvalue weighted by molar-refractivity contribution is -0.684. The molecule has 1 atom stereocenters. The van der Waals surface area contributed by atoms with Crippen LogP contribution < -0.4 is 14.8 Å². The molecule has 0 bridgehead atoms. The third-order valence-electron chi connectivity index (χ3n) is 4.42. The lowest BCUT2D eigenvalue weighted by Crippen LogP contribution is -2.43. The lowest BCUT2D eigenvalue weighted by atomic mass is 9.88. The fourth-order valence-corrected chi connectivity index (χ4v) is 3.16. The second-order valence-electron chi connectivity index (χ2n) is 6.33. The number of aromatic nitrogens is 1. The normalized spacial score (nSPS) is 16.5. The summed E-state index contributed by atoms with van der Waals surface area (Å²) in [4.78, 5) is 14.4. The Hall–Kier alpha value is -2.36. The smallest absolute Gasteiger partial charge is 0.286 e. The van der Waals surface area contributed by atoms with E-state index in [0.717, 1.165) is 24.9 Å². The molecule has 23 heavy (non-hydrogen) atoms. The molecule has 0 radical (unpaired) electrons. The van der Waals surface area contributed by atoms with Crippen molar-refractivity contribution in [3.63, 3.8) is 0 Å². The van der Waals surface area contributed by atoms with Gasteiger partial charge in [-0.25, -0.2) is 0 Å². The number of carbonyl (C=O) groups excluding carboxylic acids is 1. The molecule has 2 aromatic rings. The van der Waals surface area contributed by atoms with Gasteiger partial charge in [0.15, 0.2) is 12.4 Å². The molecule has 4 nitrogen and oxygen atoms in total.